The van der Waals surface area contributed by atoms with Gasteiger partial charge in [-0.3, -0.25) is 9.59 Å². The molecule has 2 rings (SSSR count). The van der Waals surface area contributed by atoms with Crippen molar-refractivity contribution in [2.75, 3.05) is 0 Å². The number of aliphatic carboxylic acids is 1. The topological polar surface area (TPSA) is 63.6 Å². The van der Waals surface area contributed by atoms with Gasteiger partial charge in [-0.2, -0.15) is 0 Å². The number of hydrogen-bond donors (Lipinski definition) is 1. The third kappa shape index (κ3) is 3.41. The first-order chi connectivity index (χ1) is 9.12. The Balaban J connectivity index is 2.09. The molecule has 1 aliphatic rings. The fraction of sp³-hybridized carbons (Fsp3) is 0.467. The van der Waals surface area contributed by atoms with Crippen LogP contribution in [0.3, 0.4) is 0 Å². The van der Waals surface area contributed by atoms with Crippen LogP contribution < -0.4 is 0 Å². The number of carbonyl (C=O) groups excluding carboxylic acids is 1. The van der Waals surface area contributed by atoms with Crippen LogP contribution in [0.4, 0.5) is 0 Å². The van der Waals surface area contributed by atoms with Crippen molar-refractivity contribution in [1.82, 2.24) is 0 Å². The van der Waals surface area contributed by atoms with Gasteiger partial charge in [0.25, 0.3) is 0 Å². The Morgan fingerprint density at radius 2 is 2.00 bits per heavy atom. The van der Waals surface area contributed by atoms with Crippen molar-refractivity contribution in [3.05, 3.63) is 35.9 Å². The van der Waals surface area contributed by atoms with E-state index in [9.17, 15) is 9.59 Å². The third-order valence-corrected chi connectivity index (χ3v) is 3.54. The Bertz CT molecular complexity index is 454. The first-order valence-corrected chi connectivity index (χ1v) is 6.55. The summed E-state index contributed by atoms with van der Waals surface area (Å²) in [5, 5.41) is 9.01. The van der Waals surface area contributed by atoms with E-state index in [1.54, 1.807) is 0 Å². The SMILES string of the molecule is O=C(O)C[C@@]1(OCc2ccccc2)CCCCC1=O. The molecule has 1 aromatic carbocycles. The number of carbonyl (C=O) groups is 2. The van der Waals surface area contributed by atoms with Crippen molar-refractivity contribution < 1.29 is 19.4 Å². The van der Waals surface area contributed by atoms with Crippen LogP contribution in [0.1, 0.15) is 37.7 Å². The Morgan fingerprint density at radius 3 is 2.63 bits per heavy atom. The first-order valence-electron chi connectivity index (χ1n) is 6.55. The van der Waals surface area contributed by atoms with Crippen LogP contribution in [0.5, 0.6) is 0 Å². The number of ether oxygens (including phenoxy) is 1. The maximum absolute atomic E-state index is 12.1. The molecule has 0 radical (unpaired) electrons. The fourth-order valence-corrected chi connectivity index (χ4v) is 2.49. The average molecular weight is 262 g/mol. The maximum Gasteiger partial charge on any atom is 0.306 e. The number of hydrogen-bond acceptors (Lipinski definition) is 3. The summed E-state index contributed by atoms with van der Waals surface area (Å²) < 4.78 is 5.75. The van der Waals surface area contributed by atoms with E-state index in [-0.39, 0.29) is 18.8 Å². The van der Waals surface area contributed by atoms with Crippen LogP contribution in [0.15, 0.2) is 30.3 Å². The van der Waals surface area contributed by atoms with E-state index in [1.807, 2.05) is 30.3 Å². The quantitative estimate of drug-likeness (QED) is 0.885. The molecule has 1 aromatic rings. The lowest BCUT2D eigenvalue weighted by atomic mass is 9.81. The van der Waals surface area contributed by atoms with E-state index in [4.69, 9.17) is 9.84 Å². The van der Waals surface area contributed by atoms with E-state index in [0.717, 1.165) is 18.4 Å². The lowest BCUT2D eigenvalue weighted by Gasteiger charge is -2.34. The molecule has 0 heterocycles. The second-order valence-corrected chi connectivity index (χ2v) is 4.97. The van der Waals surface area contributed by atoms with Crippen LogP contribution in [0, 0.1) is 0 Å². The predicted molar refractivity (Wildman–Crippen MR) is 69.7 cm³/mol. The molecule has 0 amide bonds. The molecule has 0 spiro atoms. The molecule has 1 saturated carbocycles. The van der Waals surface area contributed by atoms with Gasteiger partial charge < -0.3 is 9.84 Å². The van der Waals surface area contributed by atoms with Gasteiger partial charge in [-0.25, -0.2) is 0 Å². The second-order valence-electron chi connectivity index (χ2n) is 4.97. The van der Waals surface area contributed by atoms with Crippen LogP contribution in [-0.2, 0) is 20.9 Å². The lowest BCUT2D eigenvalue weighted by Crippen LogP contribution is -2.45. The predicted octanol–water partition coefficient (Wildman–Crippen LogP) is 2.56. The fourth-order valence-electron chi connectivity index (χ4n) is 2.49. The molecule has 1 N–H and O–H groups in total. The number of rotatable bonds is 5. The lowest BCUT2D eigenvalue weighted by molar-refractivity contribution is -0.163. The molecular weight excluding hydrogens is 244 g/mol. The number of ketones is 1. The molecule has 0 aromatic heterocycles. The highest BCUT2D eigenvalue weighted by Gasteiger charge is 2.42. The molecule has 1 atom stereocenters. The first kappa shape index (κ1) is 13.7. The minimum atomic E-state index is -1.13. The van der Waals surface area contributed by atoms with Gasteiger partial charge in [-0.05, 0) is 24.8 Å². The molecule has 19 heavy (non-hydrogen) atoms. The van der Waals surface area contributed by atoms with Gasteiger partial charge in [0.2, 0.25) is 0 Å². The van der Waals surface area contributed by atoms with E-state index in [1.165, 1.54) is 0 Å². The van der Waals surface area contributed by atoms with Gasteiger partial charge in [0, 0.05) is 6.42 Å². The number of carboxylic acids is 1. The van der Waals surface area contributed by atoms with Crippen molar-refractivity contribution >= 4 is 11.8 Å². The second kappa shape index (κ2) is 5.97. The minimum Gasteiger partial charge on any atom is -0.481 e. The molecule has 0 unspecified atom stereocenters. The van der Waals surface area contributed by atoms with Crippen molar-refractivity contribution in [2.24, 2.45) is 0 Å². The highest BCUT2D eigenvalue weighted by atomic mass is 16.5. The molecule has 4 nitrogen and oxygen atoms in total. The standard InChI is InChI=1S/C15H18O4/c16-13-8-4-5-9-15(13,10-14(17)18)19-11-12-6-2-1-3-7-12/h1-3,6-7H,4-5,8-11H2,(H,17,18)/t15-/m0/s1. The van der Waals surface area contributed by atoms with Crippen LogP contribution >= 0.6 is 0 Å². The molecule has 102 valence electrons. The molecule has 1 fully saturated rings. The van der Waals surface area contributed by atoms with E-state index in [2.05, 4.69) is 0 Å². The molecule has 0 bridgehead atoms. The van der Waals surface area contributed by atoms with E-state index in [0.29, 0.717) is 12.8 Å². The zero-order valence-electron chi connectivity index (χ0n) is 10.8. The summed E-state index contributed by atoms with van der Waals surface area (Å²) in [6.45, 7) is 0.278. The van der Waals surface area contributed by atoms with Crippen molar-refractivity contribution in [1.29, 1.82) is 0 Å². The highest BCUT2D eigenvalue weighted by molar-refractivity contribution is 5.91. The van der Waals surface area contributed by atoms with Gasteiger partial charge >= 0.3 is 5.97 Å². The van der Waals surface area contributed by atoms with Crippen molar-refractivity contribution in [2.45, 2.75) is 44.3 Å². The summed E-state index contributed by atoms with van der Waals surface area (Å²) in [6, 6.07) is 9.50. The Hall–Kier alpha value is -1.68. The molecule has 0 aliphatic heterocycles. The van der Waals surface area contributed by atoms with Gasteiger partial charge in [0.05, 0.1) is 13.0 Å². The summed E-state index contributed by atoms with van der Waals surface area (Å²) in [6.07, 6.45) is 2.36. The number of carboxylic acid groups (broad SMARTS) is 1. The summed E-state index contributed by atoms with van der Waals surface area (Å²) in [5.74, 6) is -1.06. The number of benzene rings is 1. The average Bonchev–Trinajstić information content (AvgIpc) is 2.40. The van der Waals surface area contributed by atoms with Crippen LogP contribution in [0.25, 0.3) is 0 Å². The van der Waals surface area contributed by atoms with Crippen LogP contribution in [0.2, 0.25) is 0 Å². The summed E-state index contributed by atoms with van der Waals surface area (Å²) >= 11 is 0. The van der Waals surface area contributed by atoms with E-state index < -0.39 is 11.6 Å². The molecule has 4 heteroatoms. The zero-order valence-corrected chi connectivity index (χ0v) is 10.8. The Kier molecular flexibility index (Phi) is 4.32. The third-order valence-electron chi connectivity index (χ3n) is 3.54. The summed E-state index contributed by atoms with van der Waals surface area (Å²) in [5.41, 5.74) is -0.175. The monoisotopic (exact) mass is 262 g/mol. The maximum atomic E-state index is 12.1. The van der Waals surface area contributed by atoms with Gasteiger partial charge in [0.15, 0.2) is 5.78 Å². The van der Waals surface area contributed by atoms with Crippen molar-refractivity contribution in [3.8, 4) is 0 Å². The largest absolute Gasteiger partial charge is 0.481 e. The normalized spacial score (nSPS) is 23.3. The molecule has 0 saturated heterocycles. The smallest absolute Gasteiger partial charge is 0.306 e. The van der Waals surface area contributed by atoms with Crippen LogP contribution in [-0.4, -0.2) is 22.5 Å². The van der Waals surface area contributed by atoms with E-state index >= 15 is 0 Å². The van der Waals surface area contributed by atoms with Gasteiger partial charge in [0.1, 0.15) is 5.60 Å². The Morgan fingerprint density at radius 1 is 1.26 bits per heavy atom. The zero-order chi connectivity index (χ0) is 13.7. The number of Topliss-reactive ketones (excluding diaryl/α,β-unsaturated/α-hetero) is 1. The van der Waals surface area contributed by atoms with Crippen molar-refractivity contribution in [3.63, 3.8) is 0 Å². The summed E-state index contributed by atoms with van der Waals surface area (Å²) in [4.78, 5) is 23.1. The van der Waals surface area contributed by atoms with Gasteiger partial charge in [-0.1, -0.05) is 30.3 Å². The summed E-state index contributed by atoms with van der Waals surface area (Å²) in [7, 11) is 0. The Labute approximate surface area is 112 Å². The van der Waals surface area contributed by atoms with Gasteiger partial charge in [-0.15, -0.1) is 0 Å². The highest BCUT2D eigenvalue weighted by Crippen LogP contribution is 2.32. The molecular formula is C15H18O4. The minimum absolute atomic E-state index is 0.0721. The molecule has 1 aliphatic carbocycles.